The van der Waals surface area contributed by atoms with Crippen LogP contribution in [0.5, 0.6) is 0 Å². The Morgan fingerprint density at radius 2 is 0.900 bits per heavy atom. The number of carbonyl (C=O) groups is 2. The number of hydrogen-bond acceptors (Lipinski definition) is 2. The van der Waals surface area contributed by atoms with E-state index in [1.807, 2.05) is 60.7 Å². The number of benzene rings is 2. The standard InChI is InChI=1S/2C9H8O/c2*10-8-4-7-9-5-2-1-3-6-9/h2*1-8H/b2*7-4+. The quantitative estimate of drug-likeness (QED) is 0.622. The van der Waals surface area contributed by atoms with Crippen molar-refractivity contribution in [1.82, 2.24) is 0 Å². The van der Waals surface area contributed by atoms with Crippen LogP contribution in [0.3, 0.4) is 0 Å². The second-order valence-corrected chi connectivity index (χ2v) is 3.81. The molecule has 100 valence electrons. The van der Waals surface area contributed by atoms with Crippen molar-refractivity contribution in [2.75, 3.05) is 0 Å². The molecule has 0 spiro atoms. The topological polar surface area (TPSA) is 34.1 Å². The lowest BCUT2D eigenvalue weighted by Crippen LogP contribution is -1.67. The smallest absolute Gasteiger partial charge is 0.142 e. The van der Waals surface area contributed by atoms with Crippen molar-refractivity contribution >= 4 is 24.7 Å². The van der Waals surface area contributed by atoms with E-state index in [2.05, 4.69) is 0 Å². The second-order valence-electron chi connectivity index (χ2n) is 3.81. The summed E-state index contributed by atoms with van der Waals surface area (Å²) in [4.78, 5) is 19.8. The lowest BCUT2D eigenvalue weighted by Gasteiger charge is -1.86. The maximum absolute atomic E-state index is 9.89. The van der Waals surface area contributed by atoms with Crippen molar-refractivity contribution in [3.05, 3.63) is 83.9 Å². The summed E-state index contributed by atoms with van der Waals surface area (Å²) < 4.78 is 0. The van der Waals surface area contributed by atoms with Gasteiger partial charge in [-0.25, -0.2) is 0 Å². The summed E-state index contributed by atoms with van der Waals surface area (Å²) >= 11 is 0. The van der Waals surface area contributed by atoms with Gasteiger partial charge in [-0.3, -0.25) is 9.59 Å². The summed E-state index contributed by atoms with van der Waals surface area (Å²) in [5, 5.41) is 0. The average molecular weight is 264 g/mol. The van der Waals surface area contributed by atoms with Gasteiger partial charge in [0, 0.05) is 0 Å². The predicted molar refractivity (Wildman–Crippen MR) is 83.1 cm³/mol. The van der Waals surface area contributed by atoms with Crippen molar-refractivity contribution in [2.45, 2.75) is 0 Å². The van der Waals surface area contributed by atoms with Crippen LogP contribution < -0.4 is 0 Å². The van der Waals surface area contributed by atoms with E-state index in [1.54, 1.807) is 12.2 Å². The van der Waals surface area contributed by atoms with Gasteiger partial charge in [0.25, 0.3) is 0 Å². The van der Waals surface area contributed by atoms with Crippen LogP contribution in [0.1, 0.15) is 11.1 Å². The number of allylic oxidation sites excluding steroid dienone is 2. The van der Waals surface area contributed by atoms with Gasteiger partial charge in [0.05, 0.1) is 0 Å². The molecule has 2 aromatic rings. The van der Waals surface area contributed by atoms with Crippen LogP contribution in [0.15, 0.2) is 72.8 Å². The minimum absolute atomic E-state index is 0.771. The third kappa shape index (κ3) is 6.87. The van der Waals surface area contributed by atoms with Crippen LogP contribution in [0.4, 0.5) is 0 Å². The van der Waals surface area contributed by atoms with Crippen molar-refractivity contribution in [1.29, 1.82) is 0 Å². The zero-order valence-corrected chi connectivity index (χ0v) is 11.1. The van der Waals surface area contributed by atoms with E-state index in [-0.39, 0.29) is 0 Å². The SMILES string of the molecule is O=C/C=C/c1ccccc1.O=C/C=C/c1ccccc1. The predicted octanol–water partition coefficient (Wildman–Crippen LogP) is 3.80. The lowest BCUT2D eigenvalue weighted by atomic mass is 10.2. The molecule has 0 amide bonds. The molecule has 0 aromatic heterocycles. The number of rotatable bonds is 4. The van der Waals surface area contributed by atoms with E-state index in [1.165, 1.54) is 12.2 Å². The maximum atomic E-state index is 9.89. The third-order valence-electron chi connectivity index (χ3n) is 2.33. The Balaban J connectivity index is 0.000000200. The first-order valence-electron chi connectivity index (χ1n) is 6.20. The van der Waals surface area contributed by atoms with Gasteiger partial charge in [-0.15, -0.1) is 0 Å². The summed E-state index contributed by atoms with van der Waals surface area (Å²) in [6, 6.07) is 19.4. The zero-order chi connectivity index (χ0) is 14.5. The van der Waals surface area contributed by atoms with Crippen LogP contribution in [0.25, 0.3) is 12.2 Å². The molecule has 0 N–H and O–H groups in total. The average Bonchev–Trinajstić information content (AvgIpc) is 2.53. The first-order chi connectivity index (χ1) is 9.86. The Hall–Kier alpha value is -2.74. The molecule has 0 aliphatic rings. The monoisotopic (exact) mass is 264 g/mol. The van der Waals surface area contributed by atoms with Crippen LogP contribution in [-0.4, -0.2) is 12.6 Å². The fourth-order valence-corrected chi connectivity index (χ4v) is 1.43. The third-order valence-corrected chi connectivity index (χ3v) is 2.33. The van der Waals surface area contributed by atoms with Gasteiger partial charge in [-0.2, -0.15) is 0 Å². The maximum Gasteiger partial charge on any atom is 0.142 e. The van der Waals surface area contributed by atoms with Gasteiger partial charge in [-0.05, 0) is 23.3 Å². The summed E-state index contributed by atoms with van der Waals surface area (Å²) in [6.07, 6.45) is 8.05. The van der Waals surface area contributed by atoms with Crippen LogP contribution in [0.2, 0.25) is 0 Å². The van der Waals surface area contributed by atoms with Gasteiger partial charge < -0.3 is 0 Å². The van der Waals surface area contributed by atoms with E-state index in [0.717, 1.165) is 23.7 Å². The van der Waals surface area contributed by atoms with Gasteiger partial charge in [0.2, 0.25) is 0 Å². The largest absolute Gasteiger partial charge is 0.299 e. The Kier molecular flexibility index (Phi) is 7.82. The minimum Gasteiger partial charge on any atom is -0.299 e. The molecule has 0 saturated carbocycles. The first kappa shape index (κ1) is 15.3. The molecular formula is C18H16O2. The van der Waals surface area contributed by atoms with E-state index in [0.29, 0.717) is 0 Å². The van der Waals surface area contributed by atoms with Crippen molar-refractivity contribution in [3.8, 4) is 0 Å². The van der Waals surface area contributed by atoms with Gasteiger partial charge in [0.15, 0.2) is 0 Å². The fraction of sp³-hybridized carbons (Fsp3) is 0. The molecule has 2 nitrogen and oxygen atoms in total. The first-order valence-corrected chi connectivity index (χ1v) is 6.20. The van der Waals surface area contributed by atoms with Crippen molar-refractivity contribution in [3.63, 3.8) is 0 Å². The second kappa shape index (κ2) is 10.2. The zero-order valence-electron chi connectivity index (χ0n) is 11.1. The Bertz CT molecular complexity index is 501. The summed E-state index contributed by atoms with van der Waals surface area (Å²) in [7, 11) is 0. The number of carbonyl (C=O) groups excluding carboxylic acids is 2. The Morgan fingerprint density at radius 3 is 1.20 bits per heavy atom. The Morgan fingerprint density at radius 1 is 0.550 bits per heavy atom. The molecule has 2 heteroatoms. The highest BCUT2D eigenvalue weighted by Gasteiger charge is 1.79. The molecule has 0 heterocycles. The highest BCUT2D eigenvalue weighted by Crippen LogP contribution is 1.99. The lowest BCUT2D eigenvalue weighted by molar-refractivity contribution is -0.104. The highest BCUT2D eigenvalue weighted by molar-refractivity contribution is 5.74. The molecule has 2 aromatic carbocycles. The van der Waals surface area contributed by atoms with Crippen LogP contribution in [-0.2, 0) is 9.59 Å². The van der Waals surface area contributed by atoms with Crippen molar-refractivity contribution in [2.24, 2.45) is 0 Å². The molecule has 20 heavy (non-hydrogen) atoms. The minimum atomic E-state index is 0.771. The summed E-state index contributed by atoms with van der Waals surface area (Å²) in [6.45, 7) is 0. The number of aldehydes is 2. The van der Waals surface area contributed by atoms with Crippen LogP contribution >= 0.6 is 0 Å². The van der Waals surface area contributed by atoms with Gasteiger partial charge >= 0.3 is 0 Å². The molecule has 0 fully saturated rings. The highest BCUT2D eigenvalue weighted by atomic mass is 16.1. The van der Waals surface area contributed by atoms with E-state index in [9.17, 15) is 9.59 Å². The molecule has 0 aliphatic heterocycles. The molecule has 0 aliphatic carbocycles. The normalized spacial score (nSPS) is 10.0. The van der Waals surface area contributed by atoms with Gasteiger partial charge in [-0.1, -0.05) is 72.8 Å². The van der Waals surface area contributed by atoms with Crippen molar-refractivity contribution < 1.29 is 9.59 Å². The molecular weight excluding hydrogens is 248 g/mol. The molecule has 2 rings (SSSR count). The van der Waals surface area contributed by atoms with Crippen LogP contribution in [0, 0.1) is 0 Å². The molecule has 0 atom stereocenters. The molecule has 0 unspecified atom stereocenters. The van der Waals surface area contributed by atoms with E-state index >= 15 is 0 Å². The molecule has 0 saturated heterocycles. The number of hydrogen-bond donors (Lipinski definition) is 0. The Labute approximate surface area is 119 Å². The summed E-state index contributed by atoms with van der Waals surface area (Å²) in [5.41, 5.74) is 2.10. The van der Waals surface area contributed by atoms with E-state index < -0.39 is 0 Å². The van der Waals surface area contributed by atoms with Gasteiger partial charge in [0.1, 0.15) is 12.6 Å². The summed E-state index contributed by atoms with van der Waals surface area (Å²) in [5.74, 6) is 0. The fourth-order valence-electron chi connectivity index (χ4n) is 1.43. The molecule has 0 radical (unpaired) electrons. The van der Waals surface area contributed by atoms with E-state index in [4.69, 9.17) is 0 Å². The molecule has 0 bridgehead atoms.